The van der Waals surface area contributed by atoms with Crippen molar-refractivity contribution in [2.75, 3.05) is 18.9 Å². The number of hydrogen-bond donors (Lipinski definition) is 1. The van der Waals surface area contributed by atoms with Crippen LogP contribution >= 0.6 is 0 Å². The molecule has 1 atom stereocenters. The summed E-state index contributed by atoms with van der Waals surface area (Å²) in [7, 11) is -3.42. The van der Waals surface area contributed by atoms with E-state index in [1.807, 2.05) is 0 Å². The molecule has 1 aliphatic heterocycles. The molecule has 0 unspecified atom stereocenters. The molecule has 1 aliphatic rings. The largest absolute Gasteiger partial charge is 0.394 e. The molecule has 2 rings (SSSR count). The highest BCUT2D eigenvalue weighted by atomic mass is 32.2. The highest BCUT2D eigenvalue weighted by molar-refractivity contribution is 7.91. The summed E-state index contributed by atoms with van der Waals surface area (Å²) in [5.74, 6) is -0.383. The maximum Gasteiger partial charge on any atom is 0.223 e. The molecule has 1 aromatic carbocycles. The lowest BCUT2D eigenvalue weighted by Crippen LogP contribution is -2.38. The van der Waals surface area contributed by atoms with Crippen LogP contribution in [0.25, 0.3) is 0 Å². The van der Waals surface area contributed by atoms with E-state index in [1.165, 1.54) is 12.1 Å². The molecule has 0 radical (unpaired) electrons. The number of hydrogen-bond acceptors (Lipinski definition) is 4. The van der Waals surface area contributed by atoms with E-state index >= 15 is 0 Å². The summed E-state index contributed by atoms with van der Waals surface area (Å²) in [4.78, 5) is 13.9. The Morgan fingerprint density at radius 1 is 1.30 bits per heavy atom. The topological polar surface area (TPSA) is 74.7 Å². The number of aliphatic hydroxyl groups excluding tert-OH is 1. The Morgan fingerprint density at radius 3 is 2.65 bits per heavy atom. The van der Waals surface area contributed by atoms with Crippen LogP contribution in [-0.2, 0) is 14.6 Å². The molecule has 5 nitrogen and oxygen atoms in total. The van der Waals surface area contributed by atoms with Gasteiger partial charge in [-0.1, -0.05) is 18.2 Å². The Hall–Kier alpha value is -1.40. The van der Waals surface area contributed by atoms with Crippen LogP contribution in [-0.4, -0.2) is 49.3 Å². The number of carbonyl (C=O) groups is 1. The van der Waals surface area contributed by atoms with E-state index in [0.717, 1.165) is 12.8 Å². The molecule has 0 spiro atoms. The first-order valence-corrected chi connectivity index (χ1v) is 8.38. The minimum absolute atomic E-state index is 0.0340. The predicted molar refractivity (Wildman–Crippen MR) is 74.9 cm³/mol. The molecule has 6 heteroatoms. The van der Waals surface area contributed by atoms with E-state index in [1.54, 1.807) is 23.1 Å². The van der Waals surface area contributed by atoms with Gasteiger partial charge in [0.2, 0.25) is 5.91 Å². The molecule has 1 fully saturated rings. The number of likely N-dealkylation sites (tertiary alicyclic amines) is 1. The molecule has 0 bridgehead atoms. The van der Waals surface area contributed by atoms with Crippen LogP contribution in [0.15, 0.2) is 35.2 Å². The lowest BCUT2D eigenvalue weighted by molar-refractivity contribution is -0.132. The van der Waals surface area contributed by atoms with Gasteiger partial charge in [0.15, 0.2) is 9.84 Å². The summed E-state index contributed by atoms with van der Waals surface area (Å²) in [6, 6.07) is 7.99. The third kappa shape index (κ3) is 3.37. The monoisotopic (exact) mass is 297 g/mol. The summed E-state index contributed by atoms with van der Waals surface area (Å²) in [5.41, 5.74) is 0. The van der Waals surface area contributed by atoms with E-state index in [9.17, 15) is 18.3 Å². The van der Waals surface area contributed by atoms with Crippen molar-refractivity contribution in [3.63, 3.8) is 0 Å². The van der Waals surface area contributed by atoms with Crippen LogP contribution in [0.3, 0.4) is 0 Å². The van der Waals surface area contributed by atoms with Crippen molar-refractivity contribution >= 4 is 15.7 Å². The normalized spacial score (nSPS) is 19.2. The second kappa shape index (κ2) is 6.37. The van der Waals surface area contributed by atoms with Crippen molar-refractivity contribution in [3.8, 4) is 0 Å². The van der Waals surface area contributed by atoms with Gasteiger partial charge in [0.25, 0.3) is 0 Å². The number of amides is 1. The van der Waals surface area contributed by atoms with Crippen LogP contribution in [0.2, 0.25) is 0 Å². The van der Waals surface area contributed by atoms with Crippen LogP contribution in [0.4, 0.5) is 0 Å². The van der Waals surface area contributed by atoms with Gasteiger partial charge in [-0.3, -0.25) is 4.79 Å². The Balaban J connectivity index is 1.97. The fourth-order valence-corrected chi connectivity index (χ4v) is 3.72. The van der Waals surface area contributed by atoms with Gasteiger partial charge in [-0.2, -0.15) is 0 Å². The summed E-state index contributed by atoms with van der Waals surface area (Å²) in [5, 5.41) is 9.18. The Kier molecular flexibility index (Phi) is 4.77. The number of carbonyl (C=O) groups excluding carboxylic acids is 1. The van der Waals surface area contributed by atoms with Gasteiger partial charge >= 0.3 is 0 Å². The molecule has 110 valence electrons. The Labute approximate surface area is 119 Å². The fraction of sp³-hybridized carbons (Fsp3) is 0.500. The molecule has 0 aliphatic carbocycles. The number of nitrogens with zero attached hydrogens (tertiary/aromatic N) is 1. The van der Waals surface area contributed by atoms with Crippen LogP contribution in [0.1, 0.15) is 19.3 Å². The predicted octanol–water partition coefficient (Wildman–Crippen LogP) is 0.834. The summed E-state index contributed by atoms with van der Waals surface area (Å²) < 4.78 is 24.2. The molecule has 0 saturated carbocycles. The summed E-state index contributed by atoms with van der Waals surface area (Å²) in [6.07, 6.45) is 1.61. The lowest BCUT2D eigenvalue weighted by atomic mass is 10.2. The molecule has 1 aromatic rings. The SMILES string of the molecule is O=C(CCS(=O)(=O)c1ccccc1)N1CCC[C@H]1CO. The molecule has 20 heavy (non-hydrogen) atoms. The minimum Gasteiger partial charge on any atom is -0.394 e. The van der Waals surface area contributed by atoms with Gasteiger partial charge in [0, 0.05) is 13.0 Å². The lowest BCUT2D eigenvalue weighted by Gasteiger charge is -2.22. The second-order valence-electron chi connectivity index (χ2n) is 4.95. The zero-order chi connectivity index (χ0) is 14.6. The first kappa shape index (κ1) is 15.0. The van der Waals surface area contributed by atoms with Crippen molar-refractivity contribution in [2.45, 2.75) is 30.2 Å². The van der Waals surface area contributed by atoms with Crippen molar-refractivity contribution in [1.82, 2.24) is 4.90 Å². The highest BCUT2D eigenvalue weighted by Gasteiger charge is 2.28. The molecule has 1 amide bonds. The molecule has 1 N–H and O–H groups in total. The second-order valence-corrected chi connectivity index (χ2v) is 7.06. The van der Waals surface area contributed by atoms with Crippen molar-refractivity contribution in [2.24, 2.45) is 0 Å². The van der Waals surface area contributed by atoms with E-state index in [0.29, 0.717) is 6.54 Å². The van der Waals surface area contributed by atoms with Gasteiger partial charge in [0.05, 0.1) is 23.3 Å². The number of aliphatic hydroxyl groups is 1. The zero-order valence-corrected chi connectivity index (χ0v) is 12.1. The van der Waals surface area contributed by atoms with Gasteiger partial charge in [-0.15, -0.1) is 0 Å². The Bertz CT molecular complexity index is 556. The maximum absolute atomic E-state index is 12.1. The molecule has 1 saturated heterocycles. The minimum atomic E-state index is -3.42. The zero-order valence-electron chi connectivity index (χ0n) is 11.2. The van der Waals surface area contributed by atoms with Crippen molar-refractivity contribution < 1.29 is 18.3 Å². The average Bonchev–Trinajstić information content (AvgIpc) is 2.94. The van der Waals surface area contributed by atoms with E-state index in [-0.39, 0.29) is 35.6 Å². The fourth-order valence-electron chi connectivity index (χ4n) is 2.46. The first-order chi connectivity index (χ1) is 9.54. The standard InChI is InChI=1S/C14H19NO4S/c16-11-12-5-4-9-15(12)14(17)8-10-20(18,19)13-6-2-1-3-7-13/h1-3,6-7,12,16H,4-5,8-11H2/t12-/m0/s1. The molecule has 0 aromatic heterocycles. The number of rotatable bonds is 5. The molecular formula is C14H19NO4S. The number of sulfone groups is 1. The molecular weight excluding hydrogens is 278 g/mol. The molecule has 1 heterocycles. The van der Waals surface area contributed by atoms with Crippen LogP contribution in [0, 0.1) is 0 Å². The van der Waals surface area contributed by atoms with Gasteiger partial charge < -0.3 is 10.0 Å². The maximum atomic E-state index is 12.1. The summed E-state index contributed by atoms with van der Waals surface area (Å²) in [6.45, 7) is 0.548. The van der Waals surface area contributed by atoms with Crippen LogP contribution in [0.5, 0.6) is 0 Å². The number of benzene rings is 1. The third-order valence-corrected chi connectivity index (χ3v) is 5.33. The summed E-state index contributed by atoms with van der Waals surface area (Å²) >= 11 is 0. The first-order valence-electron chi connectivity index (χ1n) is 6.73. The quantitative estimate of drug-likeness (QED) is 0.873. The van der Waals surface area contributed by atoms with Crippen LogP contribution < -0.4 is 0 Å². The van der Waals surface area contributed by atoms with E-state index in [4.69, 9.17) is 0 Å². The third-order valence-electron chi connectivity index (χ3n) is 3.60. The van der Waals surface area contributed by atoms with E-state index in [2.05, 4.69) is 0 Å². The average molecular weight is 297 g/mol. The van der Waals surface area contributed by atoms with Gasteiger partial charge in [-0.05, 0) is 25.0 Å². The van der Waals surface area contributed by atoms with Crippen molar-refractivity contribution in [1.29, 1.82) is 0 Å². The highest BCUT2D eigenvalue weighted by Crippen LogP contribution is 2.19. The van der Waals surface area contributed by atoms with Crippen molar-refractivity contribution in [3.05, 3.63) is 30.3 Å². The van der Waals surface area contributed by atoms with Gasteiger partial charge in [-0.25, -0.2) is 8.42 Å². The smallest absolute Gasteiger partial charge is 0.223 e. The Morgan fingerprint density at radius 2 is 2.00 bits per heavy atom. The van der Waals surface area contributed by atoms with E-state index < -0.39 is 9.84 Å². The van der Waals surface area contributed by atoms with Gasteiger partial charge in [0.1, 0.15) is 0 Å².